The van der Waals surface area contributed by atoms with Crippen molar-refractivity contribution in [2.45, 2.75) is 45.4 Å². The summed E-state index contributed by atoms with van der Waals surface area (Å²) < 4.78 is 18.6. The summed E-state index contributed by atoms with van der Waals surface area (Å²) in [4.78, 5) is 32.6. The number of hydrogen-bond acceptors (Lipinski definition) is 7. The maximum absolute atomic E-state index is 13.7. The van der Waals surface area contributed by atoms with Gasteiger partial charge in [-0.2, -0.15) is 0 Å². The predicted molar refractivity (Wildman–Crippen MR) is 141 cm³/mol. The van der Waals surface area contributed by atoms with Gasteiger partial charge in [-0.3, -0.25) is 14.2 Å². The molecule has 5 rings (SSSR count). The molecule has 3 heterocycles. The van der Waals surface area contributed by atoms with E-state index < -0.39 is 5.91 Å². The van der Waals surface area contributed by atoms with Gasteiger partial charge in [-0.15, -0.1) is 0 Å². The number of nitrogens with two attached hydrogens (primary N) is 1. The van der Waals surface area contributed by atoms with Crippen molar-refractivity contribution in [2.75, 3.05) is 44.9 Å². The predicted octanol–water partition coefficient (Wildman–Crippen LogP) is 2.67. The molecule has 0 radical (unpaired) electrons. The van der Waals surface area contributed by atoms with Crippen LogP contribution in [-0.2, 0) is 27.2 Å². The monoisotopic (exact) mass is 506 g/mol. The van der Waals surface area contributed by atoms with E-state index in [1.807, 2.05) is 44.2 Å². The van der Waals surface area contributed by atoms with Crippen LogP contribution >= 0.6 is 0 Å². The van der Waals surface area contributed by atoms with Crippen molar-refractivity contribution in [3.05, 3.63) is 68.8 Å². The fourth-order valence-corrected chi connectivity index (χ4v) is 5.21. The van der Waals surface area contributed by atoms with E-state index in [9.17, 15) is 9.59 Å². The highest BCUT2D eigenvalue weighted by molar-refractivity contribution is 5.94. The molecular weight excluding hydrogens is 472 g/mol. The van der Waals surface area contributed by atoms with Gasteiger partial charge in [-0.05, 0) is 61.2 Å². The Labute approximate surface area is 216 Å². The number of aromatic nitrogens is 2. The van der Waals surface area contributed by atoms with Crippen LogP contribution in [-0.4, -0.2) is 61.6 Å². The Morgan fingerprint density at radius 1 is 1.16 bits per heavy atom. The first-order valence-corrected chi connectivity index (χ1v) is 12.8. The smallest absolute Gasteiger partial charge is 0.261 e. The molecule has 9 heteroatoms. The molecule has 0 bridgehead atoms. The zero-order valence-electron chi connectivity index (χ0n) is 21.7. The number of primary amides is 1. The highest BCUT2D eigenvalue weighted by Gasteiger charge is 2.27. The van der Waals surface area contributed by atoms with Crippen LogP contribution in [0.15, 0.2) is 35.1 Å². The molecule has 9 nitrogen and oxygen atoms in total. The molecule has 0 saturated carbocycles. The number of fused-ring (bicyclic) bond motifs is 1. The summed E-state index contributed by atoms with van der Waals surface area (Å²) in [6.45, 7) is 7.64. The van der Waals surface area contributed by atoms with Crippen molar-refractivity contribution in [1.29, 1.82) is 0 Å². The minimum Gasteiger partial charge on any atom is -0.382 e. The molecule has 0 unspecified atom stereocenters. The number of methoxy groups -OCH3 is 1. The lowest BCUT2D eigenvalue weighted by Crippen LogP contribution is -2.44. The summed E-state index contributed by atoms with van der Waals surface area (Å²) in [6.07, 6.45) is 1.30. The van der Waals surface area contributed by atoms with E-state index in [1.54, 1.807) is 11.7 Å². The first kappa shape index (κ1) is 25.4. The Kier molecular flexibility index (Phi) is 7.28. The SMILES string of the molecule is COC[C@H]1CN(c2ccc3c(=O)n(CCc4cc(C)c(C(N)=O)cc4C)c([C@@H]4CCO4)nc3c2)CCO1. The Balaban J connectivity index is 1.47. The van der Waals surface area contributed by atoms with Gasteiger partial charge >= 0.3 is 0 Å². The molecule has 1 aromatic heterocycles. The number of carbonyl (C=O) groups is 1. The molecule has 2 saturated heterocycles. The molecule has 37 heavy (non-hydrogen) atoms. The second-order valence-electron chi connectivity index (χ2n) is 9.88. The summed E-state index contributed by atoms with van der Waals surface area (Å²) in [6, 6.07) is 9.67. The Bertz CT molecular complexity index is 1380. The number of aryl methyl sites for hydroxylation is 3. The fraction of sp³-hybridized carbons (Fsp3) is 0.464. The van der Waals surface area contributed by atoms with Crippen LogP contribution in [0.25, 0.3) is 10.9 Å². The van der Waals surface area contributed by atoms with Gasteiger partial charge in [0.1, 0.15) is 11.9 Å². The average Bonchev–Trinajstić information content (AvgIpc) is 2.84. The molecular formula is C28H34N4O5. The third-order valence-corrected chi connectivity index (χ3v) is 7.37. The zero-order valence-corrected chi connectivity index (χ0v) is 21.7. The van der Waals surface area contributed by atoms with Crippen molar-refractivity contribution in [3.8, 4) is 0 Å². The summed E-state index contributed by atoms with van der Waals surface area (Å²) in [5.41, 5.74) is 10.5. The molecule has 0 spiro atoms. The van der Waals surface area contributed by atoms with E-state index in [1.165, 1.54) is 0 Å². The van der Waals surface area contributed by atoms with E-state index in [0.29, 0.717) is 55.1 Å². The van der Waals surface area contributed by atoms with Crippen LogP contribution in [0.1, 0.15) is 45.4 Å². The number of hydrogen-bond donors (Lipinski definition) is 1. The maximum Gasteiger partial charge on any atom is 0.261 e. The first-order chi connectivity index (χ1) is 17.9. The van der Waals surface area contributed by atoms with Crippen molar-refractivity contribution in [3.63, 3.8) is 0 Å². The van der Waals surface area contributed by atoms with E-state index in [4.69, 9.17) is 24.9 Å². The van der Waals surface area contributed by atoms with E-state index in [2.05, 4.69) is 4.90 Å². The number of benzene rings is 2. The lowest BCUT2D eigenvalue weighted by molar-refractivity contribution is -0.0604. The molecule has 2 aliphatic rings. The van der Waals surface area contributed by atoms with Crippen LogP contribution in [0, 0.1) is 13.8 Å². The number of nitrogens with zero attached hydrogens (tertiary/aromatic N) is 3. The molecule has 2 aromatic carbocycles. The van der Waals surface area contributed by atoms with Gasteiger partial charge < -0.3 is 24.8 Å². The normalized spacial score (nSPS) is 19.7. The molecule has 2 N–H and O–H groups in total. The largest absolute Gasteiger partial charge is 0.382 e. The summed E-state index contributed by atoms with van der Waals surface area (Å²) in [5, 5.41) is 0.588. The van der Waals surface area contributed by atoms with Crippen LogP contribution in [0.4, 0.5) is 5.69 Å². The molecule has 2 fully saturated rings. The van der Waals surface area contributed by atoms with Crippen LogP contribution < -0.4 is 16.2 Å². The van der Waals surface area contributed by atoms with Crippen molar-refractivity contribution < 1.29 is 19.0 Å². The topological polar surface area (TPSA) is 109 Å². The van der Waals surface area contributed by atoms with Crippen LogP contribution in [0.3, 0.4) is 0 Å². The molecule has 2 aliphatic heterocycles. The summed E-state index contributed by atoms with van der Waals surface area (Å²) in [7, 11) is 1.68. The zero-order chi connectivity index (χ0) is 26.1. The van der Waals surface area contributed by atoms with Crippen molar-refractivity contribution in [1.82, 2.24) is 9.55 Å². The van der Waals surface area contributed by atoms with Gasteiger partial charge in [0, 0.05) is 44.4 Å². The molecule has 196 valence electrons. The number of amides is 1. The number of anilines is 1. The number of morpholine rings is 1. The summed E-state index contributed by atoms with van der Waals surface area (Å²) in [5.74, 6) is 0.237. The molecule has 3 aromatic rings. The van der Waals surface area contributed by atoms with Crippen molar-refractivity contribution >= 4 is 22.5 Å². The minimum atomic E-state index is -0.433. The Morgan fingerprint density at radius 3 is 2.68 bits per heavy atom. The highest BCUT2D eigenvalue weighted by atomic mass is 16.5. The molecule has 1 amide bonds. The Hall–Kier alpha value is -3.27. The van der Waals surface area contributed by atoms with Gasteiger partial charge in [-0.1, -0.05) is 6.07 Å². The first-order valence-electron chi connectivity index (χ1n) is 12.8. The van der Waals surface area contributed by atoms with Gasteiger partial charge in [0.15, 0.2) is 0 Å². The van der Waals surface area contributed by atoms with Crippen molar-refractivity contribution in [2.24, 2.45) is 5.73 Å². The lowest BCUT2D eigenvalue weighted by atomic mass is 9.97. The minimum absolute atomic E-state index is 0.0125. The van der Waals surface area contributed by atoms with Gasteiger partial charge in [-0.25, -0.2) is 4.98 Å². The van der Waals surface area contributed by atoms with E-state index >= 15 is 0 Å². The van der Waals surface area contributed by atoms with Gasteiger partial charge in [0.2, 0.25) is 5.91 Å². The van der Waals surface area contributed by atoms with Gasteiger partial charge in [0.05, 0.1) is 36.8 Å². The quantitative estimate of drug-likeness (QED) is 0.500. The van der Waals surface area contributed by atoms with Crippen LogP contribution in [0.2, 0.25) is 0 Å². The Morgan fingerprint density at radius 2 is 1.97 bits per heavy atom. The number of carbonyl (C=O) groups excluding carboxylic acids is 1. The maximum atomic E-state index is 13.7. The average molecular weight is 507 g/mol. The lowest BCUT2D eigenvalue weighted by Gasteiger charge is -2.34. The standard InChI is InChI=1S/C28H34N4O5/c1-17-13-23(26(29)33)18(2)12-19(17)6-8-32-27(25-7-10-37-25)30-24-14-20(4-5-22(24)28(32)34)31-9-11-36-21(15-31)16-35-3/h4-5,12-14,21,25H,6-11,15-16H2,1-3H3,(H2,29,33)/t21-,25+/m1/s1. The third kappa shape index (κ3) is 5.12. The second-order valence-corrected chi connectivity index (χ2v) is 9.88. The molecule has 0 aliphatic carbocycles. The van der Waals surface area contributed by atoms with Gasteiger partial charge in [0.25, 0.3) is 5.56 Å². The highest BCUT2D eigenvalue weighted by Crippen LogP contribution is 2.30. The molecule has 2 atom stereocenters. The number of ether oxygens (including phenoxy) is 3. The van der Waals surface area contributed by atoms with E-state index in [-0.39, 0.29) is 17.8 Å². The summed E-state index contributed by atoms with van der Waals surface area (Å²) >= 11 is 0. The second kappa shape index (κ2) is 10.6. The van der Waals surface area contributed by atoms with Crippen LogP contribution in [0.5, 0.6) is 0 Å². The van der Waals surface area contributed by atoms with E-state index in [0.717, 1.165) is 41.9 Å². The number of rotatable bonds is 8. The fourth-order valence-electron chi connectivity index (χ4n) is 5.21. The third-order valence-electron chi connectivity index (χ3n) is 7.37.